The van der Waals surface area contributed by atoms with Crippen molar-refractivity contribution in [1.82, 2.24) is 20.2 Å². The Morgan fingerprint density at radius 2 is 2.29 bits per heavy atom. The molecule has 1 atom stereocenters. The van der Waals surface area contributed by atoms with E-state index in [9.17, 15) is 4.79 Å². The van der Waals surface area contributed by atoms with Crippen molar-refractivity contribution in [3.05, 3.63) is 22.7 Å². The maximum atomic E-state index is 11.0. The second kappa shape index (κ2) is 6.66. The average molecular weight is 355 g/mol. The summed E-state index contributed by atoms with van der Waals surface area (Å²) in [5.74, 6) is 0.226. The van der Waals surface area contributed by atoms with Crippen LogP contribution in [0.25, 0.3) is 11.4 Å². The summed E-state index contributed by atoms with van der Waals surface area (Å²) in [7, 11) is 1.56. The number of hydrogen-bond donors (Lipinski definition) is 1. The molecule has 0 amide bonds. The van der Waals surface area contributed by atoms with Gasteiger partial charge in [-0.1, -0.05) is 22.9 Å². The zero-order chi connectivity index (χ0) is 15.4. The predicted octanol–water partition coefficient (Wildman–Crippen LogP) is 2.54. The number of methoxy groups -OCH3 is 1. The minimum atomic E-state index is -0.883. The van der Waals surface area contributed by atoms with Gasteiger partial charge in [0.1, 0.15) is 5.75 Å². The maximum absolute atomic E-state index is 11.0. The molecule has 1 N–H and O–H groups in total. The summed E-state index contributed by atoms with van der Waals surface area (Å²) in [4.78, 5) is 11.0. The monoisotopic (exact) mass is 354 g/mol. The van der Waals surface area contributed by atoms with Crippen molar-refractivity contribution in [2.45, 2.75) is 25.8 Å². The van der Waals surface area contributed by atoms with Gasteiger partial charge in [-0.15, -0.1) is 5.10 Å². The van der Waals surface area contributed by atoms with E-state index < -0.39 is 5.97 Å². The van der Waals surface area contributed by atoms with E-state index in [1.807, 2.05) is 25.1 Å². The van der Waals surface area contributed by atoms with Crippen molar-refractivity contribution >= 4 is 21.9 Å². The summed E-state index contributed by atoms with van der Waals surface area (Å²) in [5.41, 5.74) is 0.717. The Hall–Kier alpha value is -1.96. The van der Waals surface area contributed by atoms with Gasteiger partial charge >= 0.3 is 5.97 Å². The first-order chi connectivity index (χ1) is 10.1. The number of carboxylic acids is 1. The number of aromatic nitrogens is 4. The fourth-order valence-electron chi connectivity index (χ4n) is 2.07. The lowest BCUT2D eigenvalue weighted by atomic mass is 10.1. The van der Waals surface area contributed by atoms with Crippen molar-refractivity contribution in [2.75, 3.05) is 7.11 Å². The molecule has 1 aromatic heterocycles. The molecule has 2 aromatic rings. The number of nitrogens with zero attached hydrogens (tertiary/aromatic N) is 4. The third-order valence-electron chi connectivity index (χ3n) is 3.12. The Morgan fingerprint density at radius 3 is 2.90 bits per heavy atom. The molecule has 0 spiro atoms. The van der Waals surface area contributed by atoms with Gasteiger partial charge in [0.05, 0.1) is 25.1 Å². The topological polar surface area (TPSA) is 90.1 Å². The van der Waals surface area contributed by atoms with Gasteiger partial charge in [0.25, 0.3) is 0 Å². The Morgan fingerprint density at radius 1 is 1.52 bits per heavy atom. The average Bonchev–Trinajstić information content (AvgIpc) is 2.93. The van der Waals surface area contributed by atoms with E-state index in [-0.39, 0.29) is 12.5 Å². The second-order valence-corrected chi connectivity index (χ2v) is 5.37. The number of halogens is 1. The van der Waals surface area contributed by atoms with Crippen LogP contribution in [0.15, 0.2) is 22.7 Å². The van der Waals surface area contributed by atoms with Crippen LogP contribution in [0.3, 0.4) is 0 Å². The van der Waals surface area contributed by atoms with Gasteiger partial charge < -0.3 is 9.84 Å². The SMILES string of the molecule is CCC(CC(=O)O)n1nnnc1-c1ccc(Br)cc1OC. The summed E-state index contributed by atoms with van der Waals surface area (Å²) < 4.78 is 7.76. The molecule has 0 aliphatic carbocycles. The standard InChI is InChI=1S/C13H15BrN4O3/c1-3-9(7-12(19)20)18-13(15-16-17-18)10-5-4-8(14)6-11(10)21-2/h4-6,9H,3,7H2,1-2H3,(H,19,20). The summed E-state index contributed by atoms with van der Waals surface area (Å²) in [6.45, 7) is 1.90. The van der Waals surface area contributed by atoms with Crippen LogP contribution in [0.2, 0.25) is 0 Å². The van der Waals surface area contributed by atoms with Crippen LogP contribution in [-0.4, -0.2) is 38.4 Å². The van der Waals surface area contributed by atoms with Crippen LogP contribution < -0.4 is 4.74 Å². The number of carboxylic acid groups (broad SMARTS) is 1. The van der Waals surface area contributed by atoms with Crippen molar-refractivity contribution in [3.63, 3.8) is 0 Å². The van der Waals surface area contributed by atoms with Gasteiger partial charge in [0.2, 0.25) is 0 Å². The lowest BCUT2D eigenvalue weighted by Gasteiger charge is -2.15. The molecule has 21 heavy (non-hydrogen) atoms. The molecule has 0 aliphatic rings. The van der Waals surface area contributed by atoms with Crippen molar-refractivity contribution < 1.29 is 14.6 Å². The minimum Gasteiger partial charge on any atom is -0.496 e. The van der Waals surface area contributed by atoms with E-state index in [1.54, 1.807) is 11.8 Å². The molecule has 1 heterocycles. The van der Waals surface area contributed by atoms with Crippen LogP contribution in [0.4, 0.5) is 0 Å². The van der Waals surface area contributed by atoms with E-state index in [4.69, 9.17) is 9.84 Å². The molecule has 1 aromatic carbocycles. The zero-order valence-electron chi connectivity index (χ0n) is 11.7. The van der Waals surface area contributed by atoms with Gasteiger partial charge in [-0.2, -0.15) is 0 Å². The van der Waals surface area contributed by atoms with Crippen LogP contribution >= 0.6 is 15.9 Å². The molecule has 1 unspecified atom stereocenters. The molecule has 8 heteroatoms. The van der Waals surface area contributed by atoms with Gasteiger partial charge in [0.15, 0.2) is 5.82 Å². The van der Waals surface area contributed by atoms with Crippen molar-refractivity contribution in [1.29, 1.82) is 0 Å². The smallest absolute Gasteiger partial charge is 0.305 e. The molecule has 0 saturated heterocycles. The van der Waals surface area contributed by atoms with E-state index >= 15 is 0 Å². The molecule has 0 radical (unpaired) electrons. The highest BCUT2D eigenvalue weighted by Crippen LogP contribution is 2.32. The number of benzene rings is 1. The fourth-order valence-corrected chi connectivity index (χ4v) is 2.41. The van der Waals surface area contributed by atoms with Crippen LogP contribution in [0, 0.1) is 0 Å². The molecule has 0 fully saturated rings. The van der Waals surface area contributed by atoms with E-state index in [1.165, 1.54) is 0 Å². The first-order valence-corrected chi connectivity index (χ1v) is 7.19. The van der Waals surface area contributed by atoms with E-state index in [2.05, 4.69) is 31.5 Å². The van der Waals surface area contributed by atoms with Gasteiger partial charge in [-0.25, -0.2) is 4.68 Å². The van der Waals surface area contributed by atoms with E-state index in [0.29, 0.717) is 18.0 Å². The second-order valence-electron chi connectivity index (χ2n) is 4.45. The number of ether oxygens (including phenoxy) is 1. The highest BCUT2D eigenvalue weighted by molar-refractivity contribution is 9.10. The molecular formula is C13H15BrN4O3. The molecule has 7 nitrogen and oxygen atoms in total. The predicted molar refractivity (Wildman–Crippen MR) is 79.1 cm³/mol. The molecular weight excluding hydrogens is 340 g/mol. The van der Waals surface area contributed by atoms with Gasteiger partial charge in [-0.05, 0) is 35.0 Å². The number of tetrazole rings is 1. The highest BCUT2D eigenvalue weighted by atomic mass is 79.9. The highest BCUT2D eigenvalue weighted by Gasteiger charge is 2.21. The third-order valence-corrected chi connectivity index (χ3v) is 3.62. The number of rotatable bonds is 6. The van der Waals surface area contributed by atoms with Crippen molar-refractivity contribution in [2.24, 2.45) is 0 Å². The Balaban J connectivity index is 2.47. The largest absolute Gasteiger partial charge is 0.496 e. The van der Waals surface area contributed by atoms with Gasteiger partial charge in [-0.3, -0.25) is 4.79 Å². The quantitative estimate of drug-likeness (QED) is 0.856. The van der Waals surface area contributed by atoms with Crippen LogP contribution in [-0.2, 0) is 4.79 Å². The summed E-state index contributed by atoms with van der Waals surface area (Å²) >= 11 is 3.38. The Bertz CT molecular complexity index is 644. The van der Waals surface area contributed by atoms with E-state index in [0.717, 1.165) is 10.0 Å². The lowest BCUT2D eigenvalue weighted by Crippen LogP contribution is -2.15. The molecule has 0 saturated carbocycles. The molecule has 0 aliphatic heterocycles. The summed E-state index contributed by atoms with van der Waals surface area (Å²) in [6.07, 6.45) is 0.580. The first kappa shape index (κ1) is 15.4. The van der Waals surface area contributed by atoms with Crippen molar-refractivity contribution in [3.8, 4) is 17.1 Å². The summed E-state index contributed by atoms with van der Waals surface area (Å²) in [5, 5.41) is 20.6. The van der Waals surface area contributed by atoms with Gasteiger partial charge in [0, 0.05) is 4.47 Å². The number of aliphatic carboxylic acids is 1. The molecule has 112 valence electrons. The van der Waals surface area contributed by atoms with Crippen LogP contribution in [0.1, 0.15) is 25.8 Å². The lowest BCUT2D eigenvalue weighted by molar-refractivity contribution is -0.138. The molecule has 0 bridgehead atoms. The number of carbonyl (C=O) groups is 1. The maximum Gasteiger partial charge on any atom is 0.305 e. The first-order valence-electron chi connectivity index (χ1n) is 6.40. The third kappa shape index (κ3) is 3.38. The van der Waals surface area contributed by atoms with Crippen LogP contribution in [0.5, 0.6) is 5.75 Å². The normalized spacial score (nSPS) is 12.1. The Labute approximate surface area is 130 Å². The summed E-state index contributed by atoms with van der Waals surface area (Å²) in [6, 6.07) is 5.20. The number of hydrogen-bond acceptors (Lipinski definition) is 5. The Kier molecular flexibility index (Phi) is 4.89. The molecule has 2 rings (SSSR count). The zero-order valence-corrected chi connectivity index (χ0v) is 13.2. The fraction of sp³-hybridized carbons (Fsp3) is 0.385. The minimum absolute atomic E-state index is 0.0343.